The van der Waals surface area contributed by atoms with Gasteiger partial charge in [0.15, 0.2) is 5.75 Å². The van der Waals surface area contributed by atoms with E-state index in [0.717, 1.165) is 11.6 Å². The quantitative estimate of drug-likeness (QED) is 0.532. The Labute approximate surface area is 155 Å². The van der Waals surface area contributed by atoms with E-state index in [9.17, 15) is 13.2 Å². The van der Waals surface area contributed by atoms with Gasteiger partial charge in [0.05, 0.1) is 5.69 Å². The molecule has 0 atom stereocenters. The number of nitrogen functional groups attached to an aromatic ring is 1. The highest BCUT2D eigenvalue weighted by molar-refractivity contribution is 5.62. The summed E-state index contributed by atoms with van der Waals surface area (Å²) in [5, 5.41) is 0. The zero-order valence-corrected chi connectivity index (χ0v) is 14.8. The zero-order chi connectivity index (χ0) is 19.6. The number of hydrogen-bond acceptors (Lipinski definition) is 3. The van der Waals surface area contributed by atoms with E-state index in [1.165, 1.54) is 6.07 Å². The number of para-hydroxylation sites is 2. The molecule has 3 nitrogen and oxygen atoms in total. The Balaban J connectivity index is 2.06. The molecule has 0 aliphatic heterocycles. The van der Waals surface area contributed by atoms with Crippen LogP contribution in [0.1, 0.15) is 16.7 Å². The molecule has 0 amide bonds. The molecule has 0 heterocycles. The number of alkyl halides is 3. The van der Waals surface area contributed by atoms with Crippen molar-refractivity contribution in [3.05, 3.63) is 77.4 Å². The van der Waals surface area contributed by atoms with Crippen LogP contribution in [0.3, 0.4) is 0 Å². The maximum atomic E-state index is 13.5. The van der Waals surface area contributed by atoms with Gasteiger partial charge in [0.2, 0.25) is 0 Å². The normalized spacial score (nSPS) is 11.3. The molecule has 0 saturated heterocycles. The number of benzene rings is 3. The number of nitrogens with two attached hydrogens (primary N) is 1. The molecular weight excluding hydrogens is 355 g/mol. The first-order valence-electron chi connectivity index (χ1n) is 8.23. The molecule has 0 aromatic heterocycles. The molecule has 0 aliphatic carbocycles. The molecule has 3 rings (SSSR count). The van der Waals surface area contributed by atoms with Crippen molar-refractivity contribution >= 4 is 5.69 Å². The fourth-order valence-corrected chi connectivity index (χ4v) is 2.55. The lowest BCUT2D eigenvalue weighted by Gasteiger charge is -2.18. The summed E-state index contributed by atoms with van der Waals surface area (Å²) >= 11 is 0. The highest BCUT2D eigenvalue weighted by Gasteiger charge is 2.36. The van der Waals surface area contributed by atoms with Gasteiger partial charge in [0.25, 0.3) is 0 Å². The van der Waals surface area contributed by atoms with Crippen LogP contribution in [0.25, 0.3) is 0 Å². The topological polar surface area (TPSA) is 44.5 Å². The van der Waals surface area contributed by atoms with Crippen LogP contribution >= 0.6 is 0 Å². The second-order valence-corrected chi connectivity index (χ2v) is 6.12. The van der Waals surface area contributed by atoms with E-state index < -0.39 is 11.7 Å². The van der Waals surface area contributed by atoms with Crippen molar-refractivity contribution in [2.75, 3.05) is 5.73 Å². The molecule has 140 valence electrons. The molecule has 0 unspecified atom stereocenters. The summed E-state index contributed by atoms with van der Waals surface area (Å²) in [4.78, 5) is 0. The standard InChI is InChI=1S/C21H18F3NO2/c1-13-7-3-5-9-17(13)26-19-12-20(16(25)11-15(19)21(22,23)24)27-18-10-6-4-8-14(18)2/h3-12H,25H2,1-2H3. The van der Waals surface area contributed by atoms with Gasteiger partial charge in [-0.25, -0.2) is 0 Å². The summed E-state index contributed by atoms with van der Waals surface area (Å²) in [7, 11) is 0. The van der Waals surface area contributed by atoms with Crippen molar-refractivity contribution in [3.63, 3.8) is 0 Å². The Bertz CT molecular complexity index is 968. The molecule has 0 aliphatic rings. The molecule has 27 heavy (non-hydrogen) atoms. The number of aryl methyl sites for hydroxylation is 2. The van der Waals surface area contributed by atoms with Crippen LogP contribution < -0.4 is 15.2 Å². The van der Waals surface area contributed by atoms with Gasteiger partial charge in [-0.15, -0.1) is 0 Å². The second kappa shape index (κ2) is 7.23. The summed E-state index contributed by atoms with van der Waals surface area (Å²) in [6.07, 6.45) is -4.62. The second-order valence-electron chi connectivity index (χ2n) is 6.12. The molecule has 0 fully saturated rings. The fourth-order valence-electron chi connectivity index (χ4n) is 2.55. The van der Waals surface area contributed by atoms with Crippen molar-refractivity contribution in [1.29, 1.82) is 0 Å². The van der Waals surface area contributed by atoms with E-state index in [-0.39, 0.29) is 17.2 Å². The first-order valence-corrected chi connectivity index (χ1v) is 8.23. The number of halogens is 3. The minimum atomic E-state index is -4.62. The minimum Gasteiger partial charge on any atom is -0.456 e. The summed E-state index contributed by atoms with van der Waals surface area (Å²) in [6, 6.07) is 16.0. The molecule has 2 N–H and O–H groups in total. The lowest BCUT2D eigenvalue weighted by atomic mass is 10.1. The average molecular weight is 373 g/mol. The Morgan fingerprint density at radius 3 is 1.67 bits per heavy atom. The van der Waals surface area contributed by atoms with Gasteiger partial charge in [-0.3, -0.25) is 0 Å². The van der Waals surface area contributed by atoms with Crippen LogP contribution in [0.5, 0.6) is 23.0 Å². The van der Waals surface area contributed by atoms with Crippen LogP contribution in [0, 0.1) is 13.8 Å². The van der Waals surface area contributed by atoms with E-state index >= 15 is 0 Å². The molecule has 0 saturated carbocycles. The Kier molecular flexibility index (Phi) is 4.99. The molecule has 0 spiro atoms. The minimum absolute atomic E-state index is 0.0980. The predicted molar refractivity (Wildman–Crippen MR) is 98.4 cm³/mol. The molecule has 0 bridgehead atoms. The lowest BCUT2D eigenvalue weighted by Crippen LogP contribution is -2.09. The summed E-state index contributed by atoms with van der Waals surface area (Å²) in [6.45, 7) is 3.59. The third-order valence-electron chi connectivity index (χ3n) is 4.04. The van der Waals surface area contributed by atoms with Crippen LogP contribution in [0.2, 0.25) is 0 Å². The first kappa shape index (κ1) is 18.6. The van der Waals surface area contributed by atoms with Gasteiger partial charge in [0.1, 0.15) is 22.8 Å². The van der Waals surface area contributed by atoms with Crippen LogP contribution in [-0.4, -0.2) is 0 Å². The first-order chi connectivity index (χ1) is 12.8. The van der Waals surface area contributed by atoms with Crippen molar-refractivity contribution in [1.82, 2.24) is 0 Å². The van der Waals surface area contributed by atoms with Crippen molar-refractivity contribution < 1.29 is 22.6 Å². The van der Waals surface area contributed by atoms with Gasteiger partial charge < -0.3 is 15.2 Å². The number of hydrogen-bond donors (Lipinski definition) is 1. The Morgan fingerprint density at radius 1 is 0.704 bits per heavy atom. The summed E-state index contributed by atoms with van der Waals surface area (Å²) in [5.41, 5.74) is 6.29. The smallest absolute Gasteiger partial charge is 0.420 e. The van der Waals surface area contributed by atoms with Crippen LogP contribution in [-0.2, 0) is 6.18 Å². The summed E-state index contributed by atoms with van der Waals surface area (Å²) in [5.74, 6) is 0.566. The molecule has 3 aromatic rings. The number of rotatable bonds is 4. The number of anilines is 1. The van der Waals surface area contributed by atoms with Crippen molar-refractivity contribution in [3.8, 4) is 23.0 Å². The van der Waals surface area contributed by atoms with E-state index in [4.69, 9.17) is 15.2 Å². The molecule has 6 heteroatoms. The van der Waals surface area contributed by atoms with E-state index in [2.05, 4.69) is 0 Å². The van der Waals surface area contributed by atoms with Crippen LogP contribution in [0.4, 0.5) is 18.9 Å². The molecule has 3 aromatic carbocycles. The SMILES string of the molecule is Cc1ccccc1Oc1cc(Oc2ccccc2C)c(C(F)(F)F)cc1N. The van der Waals surface area contributed by atoms with Gasteiger partial charge in [-0.1, -0.05) is 36.4 Å². The largest absolute Gasteiger partial charge is 0.456 e. The van der Waals surface area contributed by atoms with Gasteiger partial charge in [-0.2, -0.15) is 13.2 Å². The van der Waals surface area contributed by atoms with Crippen molar-refractivity contribution in [2.24, 2.45) is 0 Å². The summed E-state index contributed by atoms with van der Waals surface area (Å²) < 4.78 is 51.8. The monoisotopic (exact) mass is 373 g/mol. The molecular formula is C21H18F3NO2. The number of ether oxygens (including phenoxy) is 2. The average Bonchev–Trinajstić information content (AvgIpc) is 2.60. The maximum absolute atomic E-state index is 13.5. The van der Waals surface area contributed by atoms with E-state index in [1.54, 1.807) is 43.3 Å². The fraction of sp³-hybridized carbons (Fsp3) is 0.143. The predicted octanol–water partition coefficient (Wildman–Crippen LogP) is 6.49. The van der Waals surface area contributed by atoms with Gasteiger partial charge in [0, 0.05) is 6.07 Å². The Hall–Kier alpha value is -3.15. The van der Waals surface area contributed by atoms with E-state index in [0.29, 0.717) is 17.1 Å². The van der Waals surface area contributed by atoms with Crippen molar-refractivity contribution in [2.45, 2.75) is 20.0 Å². The lowest BCUT2D eigenvalue weighted by molar-refractivity contribution is -0.138. The van der Waals surface area contributed by atoms with Gasteiger partial charge in [-0.05, 0) is 43.2 Å². The Morgan fingerprint density at radius 2 is 1.19 bits per heavy atom. The van der Waals surface area contributed by atoms with E-state index in [1.807, 2.05) is 19.1 Å². The maximum Gasteiger partial charge on any atom is 0.420 e. The van der Waals surface area contributed by atoms with Crippen LogP contribution in [0.15, 0.2) is 60.7 Å². The molecule has 0 radical (unpaired) electrons. The third-order valence-corrected chi connectivity index (χ3v) is 4.04. The van der Waals surface area contributed by atoms with Gasteiger partial charge >= 0.3 is 6.18 Å². The highest BCUT2D eigenvalue weighted by Crippen LogP contribution is 2.44. The highest BCUT2D eigenvalue weighted by atomic mass is 19.4. The third kappa shape index (κ3) is 4.16. The zero-order valence-electron chi connectivity index (χ0n) is 14.8.